The molecule has 140 valence electrons. The summed E-state index contributed by atoms with van der Waals surface area (Å²) in [5.41, 5.74) is 1.26. The van der Waals surface area contributed by atoms with Crippen molar-refractivity contribution in [2.24, 2.45) is 0 Å². The van der Waals surface area contributed by atoms with Gasteiger partial charge in [-0.1, -0.05) is 54.7 Å². The maximum Gasteiger partial charge on any atom is 0.337 e. The molecular weight excluding hydrogens is 338 g/mol. The number of rotatable bonds is 4. The topological polar surface area (TPSA) is 58.6 Å². The van der Waals surface area contributed by atoms with Crippen molar-refractivity contribution in [1.29, 1.82) is 0 Å². The minimum absolute atomic E-state index is 0.0808. The molecule has 27 heavy (non-hydrogen) atoms. The Bertz CT molecular complexity index is 837. The minimum atomic E-state index is -1.08. The molecule has 2 aromatic rings. The van der Waals surface area contributed by atoms with E-state index in [1.807, 2.05) is 24.3 Å². The smallest absolute Gasteiger partial charge is 0.337 e. The molecule has 1 fully saturated rings. The number of ether oxygens (including phenoxy) is 1. The molecule has 2 aromatic carbocycles. The van der Waals surface area contributed by atoms with Gasteiger partial charge in [-0.05, 0) is 43.0 Å². The highest BCUT2D eigenvalue weighted by Crippen LogP contribution is 2.28. The van der Waals surface area contributed by atoms with Crippen LogP contribution in [0.25, 0.3) is 0 Å². The lowest BCUT2D eigenvalue weighted by molar-refractivity contribution is 0.0254. The minimum Gasteiger partial charge on any atom is -0.465 e. The molecule has 4 heteroatoms. The van der Waals surface area contributed by atoms with Crippen molar-refractivity contribution in [3.05, 3.63) is 71.3 Å². The van der Waals surface area contributed by atoms with Gasteiger partial charge in [-0.3, -0.25) is 0 Å². The Morgan fingerprint density at radius 1 is 1.22 bits per heavy atom. The second-order valence-corrected chi connectivity index (χ2v) is 6.91. The molecule has 1 aliphatic rings. The number of methoxy groups -OCH3 is 1. The van der Waals surface area contributed by atoms with Gasteiger partial charge in [0.25, 0.3) is 0 Å². The zero-order chi connectivity index (χ0) is 19.1. The lowest BCUT2D eigenvalue weighted by Gasteiger charge is -2.36. The highest BCUT2D eigenvalue weighted by molar-refractivity contribution is 5.89. The van der Waals surface area contributed by atoms with Crippen LogP contribution in [0, 0.1) is 11.8 Å². The van der Waals surface area contributed by atoms with Crippen molar-refractivity contribution in [3.63, 3.8) is 0 Å². The molecule has 1 saturated carbocycles. The third-order valence-corrected chi connectivity index (χ3v) is 4.98. The zero-order valence-corrected chi connectivity index (χ0v) is 15.6. The second kappa shape index (κ2) is 8.85. The van der Waals surface area contributed by atoms with Crippen molar-refractivity contribution >= 4 is 5.97 Å². The molecule has 0 aliphatic heterocycles. The Labute approximate surface area is 160 Å². The van der Waals surface area contributed by atoms with E-state index < -0.39 is 11.6 Å². The lowest BCUT2D eigenvalue weighted by Crippen LogP contribution is -2.51. The quantitative estimate of drug-likeness (QED) is 0.646. The maximum atomic E-state index is 11.7. The first-order valence-corrected chi connectivity index (χ1v) is 9.32. The van der Waals surface area contributed by atoms with Crippen LogP contribution in [-0.2, 0) is 11.3 Å². The van der Waals surface area contributed by atoms with Gasteiger partial charge in [0.2, 0.25) is 0 Å². The van der Waals surface area contributed by atoms with Crippen molar-refractivity contribution < 1.29 is 14.6 Å². The van der Waals surface area contributed by atoms with E-state index in [0.717, 1.165) is 19.3 Å². The summed E-state index contributed by atoms with van der Waals surface area (Å²) in [6, 6.07) is 17.1. The number of hydrogen-bond acceptors (Lipinski definition) is 4. The summed E-state index contributed by atoms with van der Waals surface area (Å²) < 4.78 is 4.75. The first kappa shape index (κ1) is 19.2. The number of hydrogen-bond donors (Lipinski definition) is 2. The fourth-order valence-corrected chi connectivity index (χ4v) is 3.44. The third kappa shape index (κ3) is 4.97. The van der Waals surface area contributed by atoms with Gasteiger partial charge >= 0.3 is 5.97 Å². The number of nitrogens with one attached hydrogen (secondary N) is 1. The molecule has 0 aromatic heterocycles. The Morgan fingerprint density at radius 2 is 2.04 bits per heavy atom. The highest BCUT2D eigenvalue weighted by Gasteiger charge is 2.37. The van der Waals surface area contributed by atoms with Gasteiger partial charge in [-0.25, -0.2) is 4.79 Å². The molecule has 0 amide bonds. The molecule has 0 radical (unpaired) electrons. The molecule has 0 bridgehead atoms. The average molecular weight is 363 g/mol. The normalized spacial score (nSPS) is 21.8. The van der Waals surface area contributed by atoms with E-state index in [1.54, 1.807) is 18.2 Å². The van der Waals surface area contributed by atoms with Crippen LogP contribution < -0.4 is 5.32 Å². The van der Waals surface area contributed by atoms with Gasteiger partial charge in [-0.2, -0.15) is 0 Å². The molecule has 0 heterocycles. The molecule has 0 spiro atoms. The zero-order valence-electron chi connectivity index (χ0n) is 15.6. The van der Waals surface area contributed by atoms with E-state index >= 15 is 0 Å². The SMILES string of the molecule is COC(=O)c1cccc(C#C[C@]2(O)CCCC[C@@H]2NCc2ccccc2)c1. The number of carbonyl (C=O) groups excluding carboxylic acids is 1. The highest BCUT2D eigenvalue weighted by atomic mass is 16.5. The standard InChI is InChI=1S/C23H25NO3/c1-27-22(25)20-11-7-10-18(16-20)13-15-23(26)14-6-5-12-21(23)24-17-19-8-3-2-4-9-19/h2-4,7-11,16,21,24,26H,5-6,12,14,17H2,1H3/t21-,23+/m0/s1. The van der Waals surface area contributed by atoms with Crippen LogP contribution in [0.1, 0.15) is 47.2 Å². The largest absolute Gasteiger partial charge is 0.465 e. The van der Waals surface area contributed by atoms with E-state index in [4.69, 9.17) is 4.74 Å². The van der Waals surface area contributed by atoms with Gasteiger partial charge in [0.05, 0.1) is 12.7 Å². The van der Waals surface area contributed by atoms with Crippen molar-refractivity contribution in [2.45, 2.75) is 43.9 Å². The van der Waals surface area contributed by atoms with E-state index in [2.05, 4.69) is 29.3 Å². The molecule has 1 aliphatic carbocycles. The van der Waals surface area contributed by atoms with Crippen LogP contribution >= 0.6 is 0 Å². The first-order valence-electron chi connectivity index (χ1n) is 9.32. The van der Waals surface area contributed by atoms with Crippen LogP contribution in [0.3, 0.4) is 0 Å². The van der Waals surface area contributed by atoms with Gasteiger partial charge in [0.1, 0.15) is 5.60 Å². The molecule has 2 atom stereocenters. The third-order valence-electron chi connectivity index (χ3n) is 4.98. The van der Waals surface area contributed by atoms with Crippen LogP contribution in [0.5, 0.6) is 0 Å². The number of benzene rings is 2. The Morgan fingerprint density at radius 3 is 2.81 bits per heavy atom. The summed E-state index contributed by atoms with van der Waals surface area (Å²) >= 11 is 0. The molecule has 3 rings (SSSR count). The number of carbonyl (C=O) groups is 1. The molecule has 0 saturated heterocycles. The summed E-state index contributed by atoms with van der Waals surface area (Å²) in [4.78, 5) is 11.7. The molecule has 2 N–H and O–H groups in total. The van der Waals surface area contributed by atoms with Gasteiger partial charge in [-0.15, -0.1) is 0 Å². The maximum absolute atomic E-state index is 11.7. The summed E-state index contributed by atoms with van der Waals surface area (Å²) in [5.74, 6) is 5.74. The average Bonchev–Trinajstić information content (AvgIpc) is 2.72. The summed E-state index contributed by atoms with van der Waals surface area (Å²) in [5, 5.41) is 14.6. The molecular formula is C23H25NO3. The van der Waals surface area contributed by atoms with E-state index in [1.165, 1.54) is 12.7 Å². The van der Waals surface area contributed by atoms with Gasteiger partial charge in [0, 0.05) is 18.2 Å². The van der Waals surface area contributed by atoms with E-state index in [9.17, 15) is 9.90 Å². The second-order valence-electron chi connectivity index (χ2n) is 6.91. The predicted molar refractivity (Wildman–Crippen MR) is 105 cm³/mol. The van der Waals surface area contributed by atoms with Crippen LogP contribution in [0.2, 0.25) is 0 Å². The predicted octanol–water partition coefficient (Wildman–Crippen LogP) is 3.29. The summed E-state index contributed by atoms with van der Waals surface area (Å²) in [6.07, 6.45) is 3.56. The Balaban J connectivity index is 1.75. The van der Waals surface area contributed by atoms with E-state index in [-0.39, 0.29) is 6.04 Å². The summed E-state index contributed by atoms with van der Waals surface area (Å²) in [7, 11) is 1.36. The Hall–Kier alpha value is -2.61. The molecule has 0 unspecified atom stereocenters. The first-order chi connectivity index (χ1) is 13.1. The van der Waals surface area contributed by atoms with Crippen LogP contribution in [0.4, 0.5) is 0 Å². The number of aliphatic hydroxyl groups is 1. The fourth-order valence-electron chi connectivity index (χ4n) is 3.44. The van der Waals surface area contributed by atoms with Gasteiger partial charge < -0.3 is 15.2 Å². The Kier molecular flexibility index (Phi) is 6.28. The number of esters is 1. The van der Waals surface area contributed by atoms with Crippen molar-refractivity contribution in [2.75, 3.05) is 7.11 Å². The molecule has 4 nitrogen and oxygen atoms in total. The van der Waals surface area contributed by atoms with Crippen LogP contribution in [0.15, 0.2) is 54.6 Å². The van der Waals surface area contributed by atoms with Crippen molar-refractivity contribution in [1.82, 2.24) is 5.32 Å². The fraction of sp³-hybridized carbons (Fsp3) is 0.348. The lowest BCUT2D eigenvalue weighted by atomic mass is 9.80. The monoisotopic (exact) mass is 363 g/mol. The van der Waals surface area contributed by atoms with Crippen molar-refractivity contribution in [3.8, 4) is 11.8 Å². The van der Waals surface area contributed by atoms with Gasteiger partial charge in [0.15, 0.2) is 0 Å². The van der Waals surface area contributed by atoms with E-state index in [0.29, 0.717) is 24.1 Å². The van der Waals surface area contributed by atoms with Crippen LogP contribution in [-0.4, -0.2) is 29.8 Å². The summed E-state index contributed by atoms with van der Waals surface area (Å²) in [6.45, 7) is 0.702.